The summed E-state index contributed by atoms with van der Waals surface area (Å²) in [5.74, 6) is -26.3. The van der Waals surface area contributed by atoms with Crippen molar-refractivity contribution in [3.05, 3.63) is 35.4 Å². The third-order valence-corrected chi connectivity index (χ3v) is 2.97. The summed E-state index contributed by atoms with van der Waals surface area (Å²) in [6.45, 7) is 0. The highest BCUT2D eigenvalue weighted by atomic mass is 19.4. The first-order valence-electron chi connectivity index (χ1n) is 5.89. The van der Waals surface area contributed by atoms with Crippen LogP contribution in [0.5, 0.6) is 0 Å². The number of hydrogen-bond donors (Lipinski definition) is 0. The fourth-order valence-electron chi connectivity index (χ4n) is 1.53. The molecule has 1 aromatic carbocycles. The van der Waals surface area contributed by atoms with Crippen LogP contribution in [-0.2, 0) is 11.8 Å². The molecular formula is C12H3F14. The summed E-state index contributed by atoms with van der Waals surface area (Å²) < 4.78 is 177. The van der Waals surface area contributed by atoms with Crippen LogP contribution in [-0.4, -0.2) is 24.2 Å². The van der Waals surface area contributed by atoms with Crippen LogP contribution in [0.2, 0.25) is 0 Å². The third kappa shape index (κ3) is 3.17. The second-order valence-electron chi connectivity index (χ2n) is 4.77. The van der Waals surface area contributed by atoms with E-state index in [0.29, 0.717) is 6.07 Å². The van der Waals surface area contributed by atoms with Gasteiger partial charge in [0, 0.05) is 17.2 Å². The summed E-state index contributed by atoms with van der Waals surface area (Å²) >= 11 is 0. The first-order valence-corrected chi connectivity index (χ1v) is 5.89. The van der Waals surface area contributed by atoms with Gasteiger partial charge in [-0.3, -0.25) is 0 Å². The highest BCUT2D eigenvalue weighted by Gasteiger charge is 2.75. The quantitative estimate of drug-likeness (QED) is 0.526. The Hall–Kier alpha value is -1.76. The van der Waals surface area contributed by atoms with Gasteiger partial charge in [0.1, 0.15) is 0 Å². The van der Waals surface area contributed by atoms with E-state index in [9.17, 15) is 61.5 Å². The molecule has 26 heavy (non-hydrogen) atoms. The van der Waals surface area contributed by atoms with Crippen molar-refractivity contribution in [2.45, 2.75) is 36.0 Å². The predicted octanol–water partition coefficient (Wildman–Crippen LogP) is 6.07. The van der Waals surface area contributed by atoms with E-state index in [-0.39, 0.29) is 18.2 Å². The van der Waals surface area contributed by atoms with Gasteiger partial charge >= 0.3 is 36.0 Å². The maximum atomic E-state index is 13.4. The van der Waals surface area contributed by atoms with Crippen molar-refractivity contribution in [2.75, 3.05) is 0 Å². The van der Waals surface area contributed by atoms with Crippen molar-refractivity contribution in [3.8, 4) is 0 Å². The van der Waals surface area contributed by atoms with Crippen molar-refractivity contribution < 1.29 is 61.5 Å². The Balaban J connectivity index is 3.54. The van der Waals surface area contributed by atoms with Crippen molar-refractivity contribution in [1.29, 1.82) is 0 Å². The summed E-state index contributed by atoms with van der Waals surface area (Å²) in [4.78, 5) is 0. The van der Waals surface area contributed by atoms with E-state index in [2.05, 4.69) is 0 Å². The lowest BCUT2D eigenvalue weighted by Crippen LogP contribution is -2.51. The number of rotatable bonds is 4. The molecule has 0 aliphatic rings. The summed E-state index contributed by atoms with van der Waals surface area (Å²) in [5.41, 5.74) is -5.31. The van der Waals surface area contributed by atoms with Gasteiger partial charge in [-0.15, -0.1) is 0 Å². The van der Waals surface area contributed by atoms with Crippen LogP contribution >= 0.6 is 0 Å². The van der Waals surface area contributed by atoms with Crippen LogP contribution in [0.3, 0.4) is 0 Å². The molecule has 0 atom stereocenters. The Morgan fingerprint density at radius 1 is 0.500 bits per heavy atom. The second-order valence-corrected chi connectivity index (χ2v) is 4.77. The van der Waals surface area contributed by atoms with Crippen LogP contribution in [0.15, 0.2) is 18.2 Å². The highest BCUT2D eigenvalue weighted by Crippen LogP contribution is 2.54. The molecule has 0 heterocycles. The van der Waals surface area contributed by atoms with Gasteiger partial charge in [-0.1, -0.05) is 18.2 Å². The zero-order chi connectivity index (χ0) is 21.0. The standard InChI is InChI=1S/C12H3F14/c13-7(14,9(17,18)11(21,22)23)5-2-1-3-6(4-5)8(15,16)10(19,20)12(24,25)26/h1-3H. The molecule has 149 valence electrons. The molecule has 1 radical (unpaired) electrons. The summed E-state index contributed by atoms with van der Waals surface area (Å²) in [7, 11) is 0. The minimum absolute atomic E-state index is 0.123. The molecule has 0 aliphatic heterocycles. The van der Waals surface area contributed by atoms with E-state index in [1.165, 1.54) is 0 Å². The van der Waals surface area contributed by atoms with Crippen LogP contribution in [0.1, 0.15) is 11.1 Å². The topological polar surface area (TPSA) is 0 Å². The summed E-state index contributed by atoms with van der Waals surface area (Å²) in [6.07, 6.45) is -13.8. The van der Waals surface area contributed by atoms with E-state index < -0.39 is 47.2 Å². The van der Waals surface area contributed by atoms with Gasteiger partial charge in [0.2, 0.25) is 0 Å². The largest absolute Gasteiger partial charge is 0.460 e. The molecule has 1 rings (SSSR count). The van der Waals surface area contributed by atoms with E-state index in [4.69, 9.17) is 0 Å². The van der Waals surface area contributed by atoms with Crippen molar-refractivity contribution in [1.82, 2.24) is 0 Å². The van der Waals surface area contributed by atoms with Crippen LogP contribution in [0.4, 0.5) is 61.5 Å². The van der Waals surface area contributed by atoms with E-state index >= 15 is 0 Å². The Bertz CT molecular complexity index is 597. The molecule has 14 heteroatoms. The lowest BCUT2D eigenvalue weighted by molar-refractivity contribution is -0.361. The normalized spacial score (nSPS) is 15.3. The van der Waals surface area contributed by atoms with Gasteiger partial charge in [0.05, 0.1) is 0 Å². The molecule has 0 nitrogen and oxygen atoms in total. The number of benzene rings is 1. The molecular weight excluding hydrogens is 410 g/mol. The third-order valence-electron chi connectivity index (χ3n) is 2.97. The average Bonchev–Trinajstić information content (AvgIpc) is 2.44. The van der Waals surface area contributed by atoms with E-state index in [1.807, 2.05) is 0 Å². The van der Waals surface area contributed by atoms with Crippen LogP contribution in [0, 0.1) is 6.07 Å². The Labute approximate surface area is 134 Å². The average molecular weight is 413 g/mol. The van der Waals surface area contributed by atoms with E-state index in [0.717, 1.165) is 0 Å². The molecule has 0 bridgehead atoms. The van der Waals surface area contributed by atoms with E-state index in [1.54, 1.807) is 0 Å². The monoisotopic (exact) mass is 413 g/mol. The van der Waals surface area contributed by atoms with Crippen LogP contribution in [0.25, 0.3) is 0 Å². The summed E-state index contributed by atoms with van der Waals surface area (Å²) in [5, 5.41) is 0. The molecule has 0 saturated heterocycles. The highest BCUT2D eigenvalue weighted by molar-refractivity contribution is 5.31. The smallest absolute Gasteiger partial charge is 0.194 e. The first-order chi connectivity index (χ1) is 11.2. The molecule has 1 aromatic rings. The van der Waals surface area contributed by atoms with Gasteiger partial charge in [-0.2, -0.15) is 61.5 Å². The number of hydrogen-bond acceptors (Lipinski definition) is 0. The molecule has 0 aliphatic carbocycles. The Morgan fingerprint density at radius 3 is 1.00 bits per heavy atom. The Morgan fingerprint density at radius 2 is 0.769 bits per heavy atom. The molecule has 0 spiro atoms. The van der Waals surface area contributed by atoms with Gasteiger partial charge in [0.25, 0.3) is 0 Å². The zero-order valence-corrected chi connectivity index (χ0v) is 11.5. The fraction of sp³-hybridized carbons (Fsp3) is 0.500. The molecule has 0 fully saturated rings. The lowest BCUT2D eigenvalue weighted by Gasteiger charge is -2.30. The predicted molar refractivity (Wildman–Crippen MR) is 55.1 cm³/mol. The molecule has 0 aromatic heterocycles. The fourth-order valence-corrected chi connectivity index (χ4v) is 1.53. The van der Waals surface area contributed by atoms with Crippen LogP contribution < -0.4 is 0 Å². The minimum Gasteiger partial charge on any atom is -0.194 e. The maximum Gasteiger partial charge on any atom is 0.460 e. The van der Waals surface area contributed by atoms with Gasteiger partial charge < -0.3 is 0 Å². The second kappa shape index (κ2) is 5.87. The van der Waals surface area contributed by atoms with Crippen molar-refractivity contribution in [2.24, 2.45) is 0 Å². The van der Waals surface area contributed by atoms with Crippen molar-refractivity contribution >= 4 is 0 Å². The lowest BCUT2D eigenvalue weighted by atomic mass is 9.95. The number of alkyl halides is 14. The first kappa shape index (κ1) is 22.3. The Kier molecular flexibility index (Phi) is 5.03. The molecule has 0 N–H and O–H groups in total. The molecule has 0 saturated carbocycles. The molecule has 0 unspecified atom stereocenters. The summed E-state index contributed by atoms with van der Waals surface area (Å²) in [6, 6.07) is -0.331. The molecule has 0 amide bonds. The number of halogens is 14. The maximum absolute atomic E-state index is 13.4. The van der Waals surface area contributed by atoms with Crippen molar-refractivity contribution in [3.63, 3.8) is 0 Å². The van der Waals surface area contributed by atoms with Gasteiger partial charge in [-0.25, -0.2) is 0 Å². The zero-order valence-electron chi connectivity index (χ0n) is 11.5. The SMILES string of the molecule is FC(F)(F)C(F)(F)C(F)(F)c1[c]c(C(F)(F)C(F)(F)C(F)(F)F)ccc1. The van der Waals surface area contributed by atoms with Gasteiger partial charge in [-0.05, 0) is 0 Å². The van der Waals surface area contributed by atoms with Gasteiger partial charge in [0.15, 0.2) is 0 Å². The minimum atomic E-state index is -6.89.